The van der Waals surface area contributed by atoms with E-state index in [1.807, 2.05) is 25.1 Å². The van der Waals surface area contributed by atoms with Crippen LogP contribution in [-0.4, -0.2) is 24.0 Å². The lowest BCUT2D eigenvalue weighted by molar-refractivity contribution is -0.116. The summed E-state index contributed by atoms with van der Waals surface area (Å²) in [4.78, 5) is 28.5. The number of esters is 1. The van der Waals surface area contributed by atoms with Gasteiger partial charge in [0.1, 0.15) is 5.76 Å². The van der Waals surface area contributed by atoms with Crippen molar-refractivity contribution in [3.63, 3.8) is 0 Å². The molecule has 0 fully saturated rings. The quantitative estimate of drug-likeness (QED) is 0.705. The number of methoxy groups -OCH3 is 1. The molecule has 0 unspecified atom stereocenters. The fourth-order valence-electron chi connectivity index (χ4n) is 3.58. The molecule has 4 rings (SSSR count). The van der Waals surface area contributed by atoms with Gasteiger partial charge in [0.25, 0.3) is 0 Å². The number of amides is 1. The highest BCUT2D eigenvalue weighted by Crippen LogP contribution is 2.44. The summed E-state index contributed by atoms with van der Waals surface area (Å²) >= 11 is 0. The third kappa shape index (κ3) is 2.34. The standard InChI is InChI=1S/C20H18N2O4/c1-10-6-7-13-12(9-10)16(19(23)22-13)17-15(20(24)25-3)11(2)21-18(17)14-5-4-8-26-14/h4-9,16,21H,1-3H3,(H,22,23)/t16-/m1/s1. The number of nitrogens with one attached hydrogen (secondary N) is 2. The summed E-state index contributed by atoms with van der Waals surface area (Å²) in [7, 11) is 1.33. The zero-order valence-corrected chi connectivity index (χ0v) is 14.7. The van der Waals surface area contributed by atoms with E-state index in [1.165, 1.54) is 7.11 Å². The molecule has 0 radical (unpaired) electrons. The topological polar surface area (TPSA) is 84.3 Å². The summed E-state index contributed by atoms with van der Waals surface area (Å²) in [5, 5.41) is 2.90. The number of aromatic nitrogens is 1. The van der Waals surface area contributed by atoms with Crippen LogP contribution in [0.25, 0.3) is 11.5 Å². The molecule has 6 nitrogen and oxygen atoms in total. The van der Waals surface area contributed by atoms with Crippen molar-refractivity contribution in [1.82, 2.24) is 4.98 Å². The summed E-state index contributed by atoms with van der Waals surface area (Å²) in [5.41, 5.74) is 4.82. The number of furan rings is 1. The van der Waals surface area contributed by atoms with Crippen LogP contribution in [0, 0.1) is 13.8 Å². The molecular weight excluding hydrogens is 332 g/mol. The van der Waals surface area contributed by atoms with Crippen LogP contribution in [-0.2, 0) is 9.53 Å². The number of carbonyl (C=O) groups excluding carboxylic acids is 2. The maximum atomic E-state index is 12.8. The number of fused-ring (bicyclic) bond motifs is 1. The van der Waals surface area contributed by atoms with Gasteiger partial charge in [-0.05, 0) is 37.6 Å². The van der Waals surface area contributed by atoms with Gasteiger partial charge >= 0.3 is 5.97 Å². The minimum atomic E-state index is -0.621. The van der Waals surface area contributed by atoms with Gasteiger partial charge in [0.05, 0.1) is 30.5 Å². The number of hydrogen-bond acceptors (Lipinski definition) is 4. The maximum Gasteiger partial charge on any atom is 0.340 e. The first-order chi connectivity index (χ1) is 12.5. The monoisotopic (exact) mass is 350 g/mol. The Labute approximate surface area is 150 Å². The van der Waals surface area contributed by atoms with Gasteiger partial charge in [-0.25, -0.2) is 4.79 Å². The number of H-pyrrole nitrogens is 1. The van der Waals surface area contributed by atoms with Crippen LogP contribution in [0.2, 0.25) is 0 Å². The van der Waals surface area contributed by atoms with Crippen LogP contribution in [0.1, 0.15) is 38.7 Å². The predicted octanol–water partition coefficient (Wildman–Crippen LogP) is 3.76. The molecular formula is C20H18N2O4. The molecule has 0 aliphatic carbocycles. The van der Waals surface area contributed by atoms with Crippen molar-refractivity contribution < 1.29 is 18.7 Å². The molecule has 1 atom stereocenters. The highest BCUT2D eigenvalue weighted by molar-refractivity contribution is 6.08. The number of ether oxygens (including phenoxy) is 1. The number of aromatic amines is 1. The van der Waals surface area contributed by atoms with Crippen LogP contribution < -0.4 is 5.32 Å². The van der Waals surface area contributed by atoms with E-state index in [0.29, 0.717) is 28.3 Å². The second kappa shape index (κ2) is 5.91. The average Bonchev–Trinajstić information content (AvgIpc) is 3.31. The van der Waals surface area contributed by atoms with E-state index in [4.69, 9.17) is 9.15 Å². The molecule has 2 N–H and O–H groups in total. The van der Waals surface area contributed by atoms with Gasteiger partial charge in [-0.2, -0.15) is 0 Å². The van der Waals surface area contributed by atoms with Crippen molar-refractivity contribution in [2.45, 2.75) is 19.8 Å². The van der Waals surface area contributed by atoms with E-state index in [0.717, 1.165) is 16.8 Å². The predicted molar refractivity (Wildman–Crippen MR) is 96.2 cm³/mol. The van der Waals surface area contributed by atoms with Gasteiger partial charge in [-0.3, -0.25) is 4.79 Å². The minimum Gasteiger partial charge on any atom is -0.465 e. The van der Waals surface area contributed by atoms with E-state index in [2.05, 4.69) is 10.3 Å². The first kappa shape index (κ1) is 16.2. The summed E-state index contributed by atoms with van der Waals surface area (Å²) in [6.07, 6.45) is 1.56. The second-order valence-corrected chi connectivity index (χ2v) is 6.40. The third-order valence-electron chi connectivity index (χ3n) is 4.71. The molecule has 1 aromatic carbocycles. The molecule has 1 amide bonds. The fraction of sp³-hybridized carbons (Fsp3) is 0.200. The smallest absolute Gasteiger partial charge is 0.340 e. The molecule has 3 aromatic rings. The van der Waals surface area contributed by atoms with Gasteiger partial charge in [-0.1, -0.05) is 17.7 Å². The molecule has 2 aromatic heterocycles. The normalized spacial score (nSPS) is 15.7. The molecule has 6 heteroatoms. The van der Waals surface area contributed by atoms with E-state index in [-0.39, 0.29) is 5.91 Å². The third-order valence-corrected chi connectivity index (χ3v) is 4.71. The van der Waals surface area contributed by atoms with E-state index >= 15 is 0 Å². The largest absolute Gasteiger partial charge is 0.465 e. The summed E-state index contributed by atoms with van der Waals surface area (Å²) in [6, 6.07) is 9.35. The van der Waals surface area contributed by atoms with Crippen LogP contribution in [0.4, 0.5) is 5.69 Å². The zero-order chi connectivity index (χ0) is 18.4. The number of benzene rings is 1. The van der Waals surface area contributed by atoms with Crippen molar-refractivity contribution in [3.05, 3.63) is 64.5 Å². The van der Waals surface area contributed by atoms with Crippen LogP contribution in [0.3, 0.4) is 0 Å². The molecule has 1 aliphatic rings. The number of carbonyl (C=O) groups is 2. The molecule has 0 spiro atoms. The van der Waals surface area contributed by atoms with Crippen molar-refractivity contribution >= 4 is 17.6 Å². The Morgan fingerprint density at radius 1 is 1.23 bits per heavy atom. The Morgan fingerprint density at radius 2 is 2.04 bits per heavy atom. The van der Waals surface area contributed by atoms with Gasteiger partial charge in [0.15, 0.2) is 0 Å². The lowest BCUT2D eigenvalue weighted by Crippen LogP contribution is -2.17. The number of aryl methyl sites for hydroxylation is 2. The van der Waals surface area contributed by atoms with E-state index in [1.54, 1.807) is 25.3 Å². The SMILES string of the molecule is COC(=O)c1c(C)[nH]c(-c2ccco2)c1[C@@H]1C(=O)Nc2ccc(C)cc21. The number of hydrogen-bond donors (Lipinski definition) is 2. The fourth-order valence-corrected chi connectivity index (χ4v) is 3.58. The molecule has 132 valence electrons. The highest BCUT2D eigenvalue weighted by atomic mass is 16.5. The number of anilines is 1. The number of rotatable bonds is 3. The Balaban J connectivity index is 2.01. The molecule has 0 saturated carbocycles. The van der Waals surface area contributed by atoms with E-state index in [9.17, 15) is 9.59 Å². The van der Waals surface area contributed by atoms with Gasteiger partial charge in [0.2, 0.25) is 5.91 Å². The van der Waals surface area contributed by atoms with Gasteiger partial charge < -0.3 is 19.5 Å². The highest BCUT2D eigenvalue weighted by Gasteiger charge is 2.39. The van der Waals surface area contributed by atoms with Crippen LogP contribution in [0.15, 0.2) is 41.0 Å². The molecule has 3 heterocycles. The molecule has 0 saturated heterocycles. The van der Waals surface area contributed by atoms with Crippen molar-refractivity contribution in [2.24, 2.45) is 0 Å². The maximum absolute atomic E-state index is 12.8. The first-order valence-electron chi connectivity index (χ1n) is 8.27. The van der Waals surface area contributed by atoms with Crippen LogP contribution >= 0.6 is 0 Å². The lowest BCUT2D eigenvalue weighted by atomic mass is 9.88. The van der Waals surface area contributed by atoms with Gasteiger partial charge in [-0.15, -0.1) is 0 Å². The zero-order valence-electron chi connectivity index (χ0n) is 14.7. The Morgan fingerprint density at radius 3 is 2.73 bits per heavy atom. The van der Waals surface area contributed by atoms with Crippen LogP contribution in [0.5, 0.6) is 0 Å². The Bertz CT molecular complexity index is 1010. The van der Waals surface area contributed by atoms with E-state index < -0.39 is 11.9 Å². The Hall–Kier alpha value is -3.28. The molecule has 26 heavy (non-hydrogen) atoms. The summed E-state index contributed by atoms with van der Waals surface area (Å²) in [6.45, 7) is 3.75. The second-order valence-electron chi connectivity index (χ2n) is 6.40. The van der Waals surface area contributed by atoms with Crippen molar-refractivity contribution in [3.8, 4) is 11.5 Å². The average molecular weight is 350 g/mol. The first-order valence-corrected chi connectivity index (χ1v) is 8.27. The molecule has 1 aliphatic heterocycles. The van der Waals surface area contributed by atoms with Crippen molar-refractivity contribution in [1.29, 1.82) is 0 Å². The lowest BCUT2D eigenvalue weighted by Gasteiger charge is -2.13. The summed E-state index contributed by atoms with van der Waals surface area (Å²) < 4.78 is 10.5. The molecule has 0 bridgehead atoms. The summed E-state index contributed by atoms with van der Waals surface area (Å²) in [5.74, 6) is -0.723. The van der Waals surface area contributed by atoms with Crippen molar-refractivity contribution in [2.75, 3.05) is 12.4 Å². The Kier molecular flexibility index (Phi) is 3.68. The van der Waals surface area contributed by atoms with Gasteiger partial charge in [0, 0.05) is 16.9 Å². The minimum absolute atomic E-state index is 0.178.